The lowest BCUT2D eigenvalue weighted by Crippen LogP contribution is -2.52. The van der Waals surface area contributed by atoms with E-state index in [4.69, 9.17) is 14.2 Å². The lowest BCUT2D eigenvalue weighted by atomic mass is 9.94. The normalized spacial score (nSPS) is 24.7. The predicted octanol–water partition coefficient (Wildman–Crippen LogP) is 5.45. The van der Waals surface area contributed by atoms with Gasteiger partial charge in [0.05, 0.1) is 31.3 Å². The molecule has 4 atom stereocenters. The van der Waals surface area contributed by atoms with Crippen LogP contribution >= 0.6 is 0 Å². The summed E-state index contributed by atoms with van der Waals surface area (Å²) in [4.78, 5) is 29.5. The molecule has 2 amide bonds. The standard InChI is InChI=1S/C30H38F2N2O5/c1-19(35)34-26(14-21-12-22(31)15-23(32)13-21)27(38-30(34,5)6)25-16-24(37-18-20-10-8-7-9-11-20)17-33(25)28(36)39-29(2,3)4/h7-13,15,24-27H,14,16-18H2,1-6H3. The van der Waals surface area contributed by atoms with Crippen LogP contribution in [0, 0.1) is 11.6 Å². The largest absolute Gasteiger partial charge is 0.444 e. The first-order valence-corrected chi connectivity index (χ1v) is 13.3. The first-order chi connectivity index (χ1) is 18.2. The quantitative estimate of drug-likeness (QED) is 0.484. The van der Waals surface area contributed by atoms with E-state index in [1.54, 1.807) is 44.4 Å². The fourth-order valence-electron chi connectivity index (χ4n) is 5.72. The summed E-state index contributed by atoms with van der Waals surface area (Å²) in [7, 11) is 0. The third-order valence-electron chi connectivity index (χ3n) is 7.06. The number of benzene rings is 2. The third-order valence-corrected chi connectivity index (χ3v) is 7.06. The predicted molar refractivity (Wildman–Crippen MR) is 142 cm³/mol. The molecule has 2 aliphatic heterocycles. The summed E-state index contributed by atoms with van der Waals surface area (Å²) in [6.07, 6.45) is -0.846. The summed E-state index contributed by atoms with van der Waals surface area (Å²) in [5.41, 5.74) is -0.314. The molecule has 0 bridgehead atoms. The van der Waals surface area contributed by atoms with Gasteiger partial charge in [0.1, 0.15) is 29.1 Å². The van der Waals surface area contributed by atoms with Crippen molar-refractivity contribution in [3.8, 4) is 0 Å². The highest BCUT2D eigenvalue weighted by Crippen LogP contribution is 2.40. The van der Waals surface area contributed by atoms with Crippen molar-refractivity contribution < 1.29 is 32.6 Å². The highest BCUT2D eigenvalue weighted by Gasteiger charge is 2.55. The van der Waals surface area contributed by atoms with Crippen molar-refractivity contribution in [2.75, 3.05) is 6.54 Å². The number of hydrogen-bond donors (Lipinski definition) is 0. The van der Waals surface area contributed by atoms with Crippen LogP contribution in [0.2, 0.25) is 0 Å². The zero-order valence-corrected chi connectivity index (χ0v) is 23.4. The second-order valence-corrected chi connectivity index (χ2v) is 11.8. The maximum atomic E-state index is 14.1. The van der Waals surface area contributed by atoms with Crippen LogP contribution in [0.4, 0.5) is 13.6 Å². The molecule has 0 spiro atoms. The Morgan fingerprint density at radius 2 is 1.69 bits per heavy atom. The van der Waals surface area contributed by atoms with E-state index in [-0.39, 0.29) is 25.0 Å². The minimum atomic E-state index is -1.00. The zero-order chi connectivity index (χ0) is 28.5. The molecule has 2 heterocycles. The fraction of sp³-hybridized carbons (Fsp3) is 0.533. The van der Waals surface area contributed by atoms with Gasteiger partial charge in [-0.25, -0.2) is 13.6 Å². The second kappa shape index (κ2) is 11.2. The molecule has 0 radical (unpaired) electrons. The summed E-state index contributed by atoms with van der Waals surface area (Å²) >= 11 is 0. The number of carbonyl (C=O) groups is 2. The van der Waals surface area contributed by atoms with Crippen LogP contribution in [-0.4, -0.2) is 64.0 Å². The number of nitrogens with zero attached hydrogens (tertiary/aromatic N) is 2. The average molecular weight is 545 g/mol. The topological polar surface area (TPSA) is 68.3 Å². The Morgan fingerprint density at radius 1 is 1.05 bits per heavy atom. The van der Waals surface area contributed by atoms with Crippen LogP contribution in [0.15, 0.2) is 48.5 Å². The van der Waals surface area contributed by atoms with Gasteiger partial charge in [-0.3, -0.25) is 9.69 Å². The van der Waals surface area contributed by atoms with Crippen molar-refractivity contribution >= 4 is 12.0 Å². The van der Waals surface area contributed by atoms with Crippen LogP contribution in [0.3, 0.4) is 0 Å². The molecule has 2 fully saturated rings. The maximum Gasteiger partial charge on any atom is 0.410 e. The zero-order valence-electron chi connectivity index (χ0n) is 23.4. The molecule has 7 nitrogen and oxygen atoms in total. The summed E-state index contributed by atoms with van der Waals surface area (Å²) in [6.45, 7) is 11.1. The lowest BCUT2D eigenvalue weighted by Gasteiger charge is -2.34. The Morgan fingerprint density at radius 3 is 2.28 bits per heavy atom. The van der Waals surface area contributed by atoms with E-state index in [1.165, 1.54) is 19.1 Å². The number of likely N-dealkylation sites (tertiary alicyclic amines) is 1. The number of carbonyl (C=O) groups excluding carboxylic acids is 2. The number of halogens is 2. The molecule has 4 rings (SSSR count). The summed E-state index contributed by atoms with van der Waals surface area (Å²) in [5.74, 6) is -1.62. The highest BCUT2D eigenvalue weighted by molar-refractivity contribution is 5.75. The van der Waals surface area contributed by atoms with E-state index in [1.807, 2.05) is 30.3 Å². The Balaban J connectivity index is 1.65. The smallest absolute Gasteiger partial charge is 0.410 e. The van der Waals surface area contributed by atoms with Gasteiger partial charge in [0.15, 0.2) is 0 Å². The first kappa shape index (κ1) is 29.0. The molecule has 2 saturated heterocycles. The SMILES string of the molecule is CC(=O)N1C(Cc2cc(F)cc(F)c2)C(C2CC(OCc3ccccc3)CN2C(=O)OC(C)(C)C)OC1(C)C. The summed E-state index contributed by atoms with van der Waals surface area (Å²) < 4.78 is 46.6. The van der Waals surface area contributed by atoms with E-state index >= 15 is 0 Å². The Kier molecular flexibility index (Phi) is 8.33. The van der Waals surface area contributed by atoms with E-state index < -0.39 is 47.2 Å². The monoisotopic (exact) mass is 544 g/mol. The first-order valence-electron chi connectivity index (χ1n) is 13.3. The van der Waals surface area contributed by atoms with Crippen molar-refractivity contribution in [2.45, 2.75) is 96.6 Å². The summed E-state index contributed by atoms with van der Waals surface area (Å²) in [5, 5.41) is 0. The molecule has 4 unspecified atom stereocenters. The van der Waals surface area contributed by atoms with Gasteiger partial charge in [-0.2, -0.15) is 0 Å². The maximum absolute atomic E-state index is 14.1. The average Bonchev–Trinajstić information content (AvgIpc) is 3.34. The lowest BCUT2D eigenvalue weighted by molar-refractivity contribution is -0.145. The van der Waals surface area contributed by atoms with Gasteiger partial charge in [0.25, 0.3) is 0 Å². The van der Waals surface area contributed by atoms with E-state index in [9.17, 15) is 18.4 Å². The highest BCUT2D eigenvalue weighted by atomic mass is 19.1. The van der Waals surface area contributed by atoms with Crippen molar-refractivity contribution in [2.24, 2.45) is 0 Å². The Labute approximate surface area is 229 Å². The van der Waals surface area contributed by atoms with Crippen molar-refractivity contribution in [3.05, 3.63) is 71.3 Å². The van der Waals surface area contributed by atoms with Crippen LogP contribution in [0.1, 0.15) is 59.1 Å². The Hall–Kier alpha value is -3.04. The van der Waals surface area contributed by atoms with Gasteiger partial charge >= 0.3 is 6.09 Å². The van der Waals surface area contributed by atoms with Gasteiger partial charge in [-0.15, -0.1) is 0 Å². The van der Waals surface area contributed by atoms with Crippen LogP contribution in [0.25, 0.3) is 0 Å². The van der Waals surface area contributed by atoms with Crippen molar-refractivity contribution in [1.29, 1.82) is 0 Å². The van der Waals surface area contributed by atoms with Crippen LogP contribution < -0.4 is 0 Å². The van der Waals surface area contributed by atoms with Crippen molar-refractivity contribution in [3.63, 3.8) is 0 Å². The van der Waals surface area contributed by atoms with Crippen LogP contribution in [0.5, 0.6) is 0 Å². The third kappa shape index (κ3) is 6.94. The van der Waals surface area contributed by atoms with E-state index in [0.29, 0.717) is 18.6 Å². The minimum absolute atomic E-state index is 0.149. The number of ether oxygens (including phenoxy) is 3. The minimum Gasteiger partial charge on any atom is -0.444 e. The molecule has 0 aliphatic carbocycles. The number of rotatable bonds is 6. The Bertz CT molecular complexity index is 1160. The van der Waals surface area contributed by atoms with Crippen molar-refractivity contribution in [1.82, 2.24) is 9.80 Å². The number of hydrogen-bond acceptors (Lipinski definition) is 5. The second-order valence-electron chi connectivity index (χ2n) is 11.8. The van der Waals surface area contributed by atoms with E-state index in [2.05, 4.69) is 0 Å². The molecule has 2 aromatic rings. The number of amides is 2. The molecular weight excluding hydrogens is 506 g/mol. The van der Waals surface area contributed by atoms with Crippen LogP contribution in [-0.2, 0) is 32.0 Å². The molecule has 0 aromatic heterocycles. The molecule has 0 N–H and O–H groups in total. The van der Waals surface area contributed by atoms with Gasteiger partial charge < -0.3 is 19.1 Å². The molecule has 0 saturated carbocycles. The molecule has 2 aromatic carbocycles. The van der Waals surface area contributed by atoms with Gasteiger partial charge in [0.2, 0.25) is 5.91 Å². The molecule has 2 aliphatic rings. The van der Waals surface area contributed by atoms with Gasteiger partial charge in [-0.1, -0.05) is 30.3 Å². The molecule has 9 heteroatoms. The van der Waals surface area contributed by atoms with Gasteiger partial charge in [-0.05, 0) is 70.7 Å². The molecular formula is C30H38F2N2O5. The fourth-order valence-corrected chi connectivity index (χ4v) is 5.72. The molecule has 39 heavy (non-hydrogen) atoms. The van der Waals surface area contributed by atoms with E-state index in [0.717, 1.165) is 11.6 Å². The van der Waals surface area contributed by atoms with Gasteiger partial charge in [0, 0.05) is 13.0 Å². The summed E-state index contributed by atoms with van der Waals surface area (Å²) in [6, 6.07) is 12.0. The molecule has 212 valence electrons.